The maximum absolute atomic E-state index is 7.41. The third kappa shape index (κ3) is 5.55. The minimum absolute atomic E-state index is 0.139. The number of para-hydroxylation sites is 6. The molecule has 1 aliphatic rings. The highest BCUT2D eigenvalue weighted by atomic mass is 28.3. The van der Waals surface area contributed by atoms with Gasteiger partial charge in [-0.25, -0.2) is 4.98 Å². The summed E-state index contributed by atoms with van der Waals surface area (Å²) in [6.07, 6.45) is 2.47. The third-order valence-corrected chi connectivity index (χ3v) is 24.8. The van der Waals surface area contributed by atoms with Crippen molar-refractivity contribution in [2.75, 3.05) is 0 Å². The van der Waals surface area contributed by atoms with Crippen LogP contribution in [-0.4, -0.2) is 41.1 Å². The van der Waals surface area contributed by atoms with Crippen molar-refractivity contribution in [2.45, 2.75) is 43.4 Å². The van der Waals surface area contributed by atoms with Crippen molar-refractivity contribution in [3.8, 4) is 17.2 Å². The topological polar surface area (TPSA) is 31.5 Å². The molecule has 0 unspecified atom stereocenters. The summed E-state index contributed by atoms with van der Waals surface area (Å²) in [6, 6.07) is 68.2. The molecule has 0 amide bonds. The van der Waals surface area contributed by atoms with Gasteiger partial charge in [-0.3, -0.25) is 8.97 Å². The smallest absolute Gasteiger partial charge is 0.220 e. The van der Waals surface area contributed by atoms with Gasteiger partial charge >= 0.3 is 0 Å². The normalized spacial score (nSPS) is 15.5. The summed E-state index contributed by atoms with van der Waals surface area (Å²) in [7, 11) is -4.13. The minimum atomic E-state index is -3.07. The van der Waals surface area contributed by atoms with Gasteiger partial charge in [0.05, 0.1) is 22.1 Å². The summed E-state index contributed by atoms with van der Waals surface area (Å²) in [6.45, 7) is 4.74. The Bertz CT molecular complexity index is 2840. The summed E-state index contributed by atoms with van der Waals surface area (Å²) in [5.41, 5.74) is 8.42. The molecular formula is C50H47N3OSi3. The molecule has 7 aromatic carbocycles. The van der Waals surface area contributed by atoms with Crippen LogP contribution in [0.4, 0.5) is 0 Å². The second-order valence-corrected chi connectivity index (χ2v) is 25.3. The monoisotopic (exact) mass is 789 g/mol. The molecule has 0 saturated carbocycles. The predicted octanol–water partition coefficient (Wildman–Crippen LogP) is 8.11. The Morgan fingerprint density at radius 2 is 1.14 bits per heavy atom. The first-order chi connectivity index (χ1) is 28.2. The number of benzene rings is 7. The van der Waals surface area contributed by atoms with Crippen LogP contribution in [0.1, 0.15) is 37.8 Å². The lowest BCUT2D eigenvalue weighted by atomic mass is 9.98. The van der Waals surface area contributed by atoms with Crippen LogP contribution in [0.2, 0.25) is 12.1 Å². The van der Waals surface area contributed by atoms with Crippen molar-refractivity contribution in [1.82, 2.24) is 14.0 Å². The lowest BCUT2D eigenvalue weighted by Crippen LogP contribution is -2.75. The lowest BCUT2D eigenvalue weighted by molar-refractivity contribution is 0.455. The predicted molar refractivity (Wildman–Crippen MR) is 248 cm³/mol. The van der Waals surface area contributed by atoms with Crippen molar-refractivity contribution in [3.05, 3.63) is 187 Å². The largest absolute Gasteiger partial charge is 0.457 e. The van der Waals surface area contributed by atoms with Crippen molar-refractivity contribution in [2.24, 2.45) is 0 Å². The van der Waals surface area contributed by atoms with E-state index in [4.69, 9.17) is 9.72 Å². The summed E-state index contributed by atoms with van der Waals surface area (Å²) in [4.78, 5) is 5.26. The molecule has 10 rings (SSSR count). The Hall–Kier alpha value is -5.74. The maximum Gasteiger partial charge on any atom is 0.220 e. The number of rotatable bonds is 11. The maximum atomic E-state index is 7.41. The van der Waals surface area contributed by atoms with E-state index in [1.165, 1.54) is 56.8 Å². The molecule has 7 heteroatoms. The third-order valence-electron chi connectivity index (χ3n) is 12.5. The lowest BCUT2D eigenvalue weighted by Gasteiger charge is -2.44. The molecule has 0 aliphatic carbocycles. The highest BCUT2D eigenvalue weighted by molar-refractivity contribution is 7.20. The van der Waals surface area contributed by atoms with Crippen LogP contribution < -0.4 is 25.5 Å². The highest BCUT2D eigenvalue weighted by Gasteiger charge is 2.48. The quantitative estimate of drug-likeness (QED) is 0.0981. The van der Waals surface area contributed by atoms with E-state index in [1.54, 1.807) is 0 Å². The standard InChI is InChI=1S/C50H47N3OSi3/c1-3-33-55-50(56-34-4-2)40-25-11-16-31-46(40)54-48-41(50)26-18-32-47(48)57(37-20-7-5-8-21-37,38-22-9-6-10-23-38)39-24-17-19-36(35-39)52-44-29-14-15-30-45(44)53-43-28-13-12-27-42(43)51-49(52)53/h5-32,35H,3-4,33-34,55-56H2,1-2H3. The summed E-state index contributed by atoms with van der Waals surface area (Å²) >= 11 is 0. The molecule has 0 fully saturated rings. The second kappa shape index (κ2) is 14.6. The van der Waals surface area contributed by atoms with Gasteiger partial charge in [0.2, 0.25) is 5.78 Å². The Balaban J connectivity index is 1.30. The van der Waals surface area contributed by atoms with Crippen LogP contribution in [0.5, 0.6) is 11.5 Å². The zero-order chi connectivity index (χ0) is 38.4. The van der Waals surface area contributed by atoms with Gasteiger partial charge in [0.15, 0.2) is 8.07 Å². The fraction of sp³-hybridized carbons (Fsp3) is 0.140. The minimum Gasteiger partial charge on any atom is -0.457 e. The van der Waals surface area contributed by atoms with Gasteiger partial charge < -0.3 is 4.74 Å². The molecule has 0 N–H and O–H groups in total. The first-order valence-corrected chi connectivity index (χ1v) is 26.1. The van der Waals surface area contributed by atoms with E-state index in [1.807, 2.05) is 0 Å². The Morgan fingerprint density at radius 3 is 1.86 bits per heavy atom. The highest BCUT2D eigenvalue weighted by Crippen LogP contribution is 2.48. The first-order valence-electron chi connectivity index (χ1n) is 20.7. The Morgan fingerprint density at radius 1 is 0.561 bits per heavy atom. The van der Waals surface area contributed by atoms with E-state index >= 15 is 0 Å². The number of aromatic nitrogens is 3. The van der Waals surface area contributed by atoms with Crippen LogP contribution in [0.3, 0.4) is 0 Å². The average molecular weight is 790 g/mol. The zero-order valence-electron chi connectivity index (χ0n) is 32.7. The molecule has 0 saturated heterocycles. The summed E-state index contributed by atoms with van der Waals surface area (Å²) in [5, 5.41) is 5.35. The van der Waals surface area contributed by atoms with Crippen molar-refractivity contribution < 1.29 is 4.74 Å². The number of hydrogen-bond acceptors (Lipinski definition) is 2. The van der Waals surface area contributed by atoms with Gasteiger partial charge in [0.1, 0.15) is 11.5 Å². The SMILES string of the molecule is CCC[SiH2]C1([SiH2]CCC)c2ccccc2Oc2c1cccc2[Si](c1ccccc1)(c1ccccc1)c1cccc(-n2c3ccccc3n3c4ccccc4nc23)c1. The molecular weight excluding hydrogens is 743 g/mol. The van der Waals surface area contributed by atoms with Crippen LogP contribution in [0.15, 0.2) is 176 Å². The molecule has 0 radical (unpaired) electrons. The van der Waals surface area contributed by atoms with Crippen LogP contribution in [0.25, 0.3) is 33.5 Å². The number of nitrogens with zero attached hydrogens (tertiary/aromatic N) is 3. The van der Waals surface area contributed by atoms with Crippen LogP contribution in [-0.2, 0) is 4.66 Å². The molecule has 2 aromatic heterocycles. The Kier molecular flexibility index (Phi) is 9.16. The molecule has 280 valence electrons. The van der Waals surface area contributed by atoms with Crippen LogP contribution >= 0.6 is 0 Å². The molecule has 0 spiro atoms. The number of fused-ring (bicyclic) bond motifs is 7. The van der Waals surface area contributed by atoms with E-state index in [2.05, 4.69) is 199 Å². The molecule has 0 atom stereocenters. The van der Waals surface area contributed by atoms with Gasteiger partial charge in [-0.2, -0.15) is 0 Å². The summed E-state index contributed by atoms with van der Waals surface area (Å²) < 4.78 is 12.2. The van der Waals surface area contributed by atoms with E-state index in [0.717, 1.165) is 45.0 Å². The van der Waals surface area contributed by atoms with Gasteiger partial charge in [0.25, 0.3) is 0 Å². The fourth-order valence-corrected chi connectivity index (χ4v) is 21.5. The molecule has 9 aromatic rings. The fourth-order valence-electron chi connectivity index (χ4n) is 9.97. The zero-order valence-corrected chi connectivity index (χ0v) is 36.6. The van der Waals surface area contributed by atoms with Crippen molar-refractivity contribution in [3.63, 3.8) is 0 Å². The average Bonchev–Trinajstić information content (AvgIpc) is 3.81. The molecule has 0 bridgehead atoms. The van der Waals surface area contributed by atoms with Gasteiger partial charge in [-0.05, 0) is 74.3 Å². The van der Waals surface area contributed by atoms with Crippen molar-refractivity contribution >= 4 is 75.7 Å². The molecule has 3 heterocycles. The van der Waals surface area contributed by atoms with E-state index in [9.17, 15) is 0 Å². The molecule has 4 nitrogen and oxygen atoms in total. The van der Waals surface area contributed by atoms with Crippen molar-refractivity contribution in [1.29, 1.82) is 0 Å². The van der Waals surface area contributed by atoms with E-state index < -0.39 is 27.1 Å². The second-order valence-electron chi connectivity index (χ2n) is 15.7. The van der Waals surface area contributed by atoms with Gasteiger partial charge in [-0.1, -0.05) is 172 Å². The Labute approximate surface area is 340 Å². The number of hydrogen-bond donors (Lipinski definition) is 0. The number of imidazole rings is 2. The van der Waals surface area contributed by atoms with Crippen LogP contribution in [0, 0.1) is 0 Å². The summed E-state index contributed by atoms with van der Waals surface area (Å²) in [5.74, 6) is 3.10. The van der Waals surface area contributed by atoms with E-state index in [-0.39, 0.29) is 4.66 Å². The number of ether oxygens (including phenoxy) is 1. The molecule has 57 heavy (non-hydrogen) atoms. The van der Waals surface area contributed by atoms with E-state index in [0.29, 0.717) is 0 Å². The first kappa shape index (κ1) is 35.7. The van der Waals surface area contributed by atoms with Gasteiger partial charge in [-0.15, -0.1) is 0 Å². The van der Waals surface area contributed by atoms with Gasteiger partial charge in [0, 0.05) is 29.4 Å². The molecule has 1 aliphatic heterocycles.